The summed E-state index contributed by atoms with van der Waals surface area (Å²) in [5, 5.41) is 0.572. The van der Waals surface area contributed by atoms with Crippen molar-refractivity contribution in [3.63, 3.8) is 0 Å². The second-order valence-electron chi connectivity index (χ2n) is 8.57. The van der Waals surface area contributed by atoms with Gasteiger partial charge in [-0.25, -0.2) is 14.6 Å². The highest BCUT2D eigenvalue weighted by molar-refractivity contribution is 7.17. The quantitative estimate of drug-likeness (QED) is 0.428. The van der Waals surface area contributed by atoms with E-state index >= 15 is 0 Å². The number of esters is 1. The van der Waals surface area contributed by atoms with Crippen molar-refractivity contribution in [1.82, 2.24) is 14.8 Å². The Morgan fingerprint density at radius 2 is 1.72 bits per heavy atom. The predicted molar refractivity (Wildman–Crippen MR) is 125 cm³/mol. The third-order valence-electron chi connectivity index (χ3n) is 6.22. The monoisotopic (exact) mass is 464 g/mol. The Hall–Kier alpha value is -2.16. The van der Waals surface area contributed by atoms with Gasteiger partial charge in [0, 0.05) is 38.6 Å². The first kappa shape index (κ1) is 24.5. The molecule has 0 N–H and O–H groups in total. The molecule has 0 bridgehead atoms. The summed E-state index contributed by atoms with van der Waals surface area (Å²) in [5.41, 5.74) is 0.600. The van der Waals surface area contributed by atoms with Gasteiger partial charge in [0.15, 0.2) is 5.13 Å². The average Bonchev–Trinajstić information content (AvgIpc) is 3.46. The molecular weight excluding hydrogens is 428 g/mol. The number of aryl methyl sites for hydroxylation is 1. The number of likely N-dealkylation sites (tertiary alicyclic amines) is 2. The van der Waals surface area contributed by atoms with Crippen LogP contribution in [0.25, 0.3) is 0 Å². The molecule has 3 amide bonds. The fourth-order valence-corrected chi connectivity index (χ4v) is 5.34. The number of nitrogens with zero attached hydrogens (tertiary/aromatic N) is 4. The molecule has 2 fully saturated rings. The molecule has 3 heterocycles. The normalized spacial score (nSPS) is 17.0. The van der Waals surface area contributed by atoms with E-state index < -0.39 is 0 Å². The van der Waals surface area contributed by atoms with Crippen LogP contribution in [0.1, 0.15) is 74.2 Å². The maximum absolute atomic E-state index is 13.5. The van der Waals surface area contributed by atoms with Crippen LogP contribution in [0.15, 0.2) is 0 Å². The van der Waals surface area contributed by atoms with E-state index in [4.69, 9.17) is 4.74 Å². The molecule has 1 aromatic heterocycles. The van der Waals surface area contributed by atoms with E-state index in [1.54, 1.807) is 18.7 Å². The number of rotatable bonds is 8. The zero-order chi connectivity index (χ0) is 23.1. The van der Waals surface area contributed by atoms with Gasteiger partial charge in [-0.3, -0.25) is 9.69 Å². The van der Waals surface area contributed by atoms with Gasteiger partial charge in [-0.05, 0) is 46.0 Å². The Morgan fingerprint density at radius 3 is 2.34 bits per heavy atom. The van der Waals surface area contributed by atoms with Crippen LogP contribution in [-0.2, 0) is 9.53 Å². The van der Waals surface area contributed by atoms with E-state index in [9.17, 15) is 14.4 Å². The number of piperidine rings is 1. The predicted octanol–water partition coefficient (Wildman–Crippen LogP) is 4.08. The van der Waals surface area contributed by atoms with Crippen molar-refractivity contribution in [1.29, 1.82) is 0 Å². The molecule has 8 nitrogen and oxygen atoms in total. The molecule has 2 saturated heterocycles. The van der Waals surface area contributed by atoms with Crippen LogP contribution in [-0.4, -0.2) is 72.0 Å². The third kappa shape index (κ3) is 5.79. The zero-order valence-corrected chi connectivity index (χ0v) is 20.4. The molecule has 2 aliphatic heterocycles. The minimum absolute atomic E-state index is 0.0542. The number of unbranched alkanes of at least 4 members (excludes halogenated alkanes) is 2. The Kier molecular flexibility index (Phi) is 8.90. The lowest BCUT2D eigenvalue weighted by Crippen LogP contribution is -2.48. The number of amides is 3. The first-order chi connectivity index (χ1) is 15.5. The molecule has 0 spiro atoms. The topological polar surface area (TPSA) is 83.1 Å². The van der Waals surface area contributed by atoms with E-state index in [0.29, 0.717) is 54.8 Å². The standard InChI is InChI=1S/C23H36N4O4S/c1-4-6-7-14-27(22-24-17(3)19(32-22)21(29)31-5-2)20(28)18-10-15-26(16-11-18)23(30)25-12-8-9-13-25/h18H,4-16H2,1-3H3. The highest BCUT2D eigenvalue weighted by Gasteiger charge is 2.34. The molecule has 0 aliphatic carbocycles. The maximum atomic E-state index is 13.5. The van der Waals surface area contributed by atoms with E-state index in [1.807, 2.05) is 9.80 Å². The van der Waals surface area contributed by atoms with Gasteiger partial charge in [-0.15, -0.1) is 0 Å². The fourth-order valence-electron chi connectivity index (χ4n) is 4.35. The lowest BCUT2D eigenvalue weighted by atomic mass is 9.95. The summed E-state index contributed by atoms with van der Waals surface area (Å²) in [6, 6.07) is 0.114. The summed E-state index contributed by atoms with van der Waals surface area (Å²) in [5.74, 6) is -0.462. The van der Waals surface area contributed by atoms with Crippen LogP contribution in [0.5, 0.6) is 0 Å². The second kappa shape index (κ2) is 11.6. The van der Waals surface area contributed by atoms with Crippen LogP contribution in [0.4, 0.5) is 9.93 Å². The lowest BCUT2D eigenvalue weighted by Gasteiger charge is -2.35. The molecule has 9 heteroatoms. The molecule has 3 rings (SSSR count). The Balaban J connectivity index is 1.68. The lowest BCUT2D eigenvalue weighted by molar-refractivity contribution is -0.123. The fraction of sp³-hybridized carbons (Fsp3) is 0.739. The third-order valence-corrected chi connectivity index (χ3v) is 7.38. The van der Waals surface area contributed by atoms with Crippen LogP contribution < -0.4 is 4.90 Å². The van der Waals surface area contributed by atoms with Gasteiger partial charge < -0.3 is 14.5 Å². The van der Waals surface area contributed by atoms with Gasteiger partial charge in [0.25, 0.3) is 0 Å². The summed E-state index contributed by atoms with van der Waals surface area (Å²) < 4.78 is 5.14. The minimum Gasteiger partial charge on any atom is -0.462 e. The number of aromatic nitrogens is 1. The Labute approximate surface area is 194 Å². The first-order valence-electron chi connectivity index (χ1n) is 12.0. The summed E-state index contributed by atoms with van der Waals surface area (Å²) >= 11 is 1.24. The molecule has 0 atom stereocenters. The first-order valence-corrected chi connectivity index (χ1v) is 12.8. The Morgan fingerprint density at radius 1 is 1.06 bits per heavy atom. The summed E-state index contributed by atoms with van der Waals surface area (Å²) in [6.07, 6.45) is 6.46. The van der Waals surface area contributed by atoms with Crippen molar-refractivity contribution in [3.8, 4) is 0 Å². The molecule has 2 aliphatic rings. The molecule has 178 valence electrons. The van der Waals surface area contributed by atoms with Gasteiger partial charge >= 0.3 is 12.0 Å². The summed E-state index contributed by atoms with van der Waals surface area (Å²) in [7, 11) is 0. The zero-order valence-electron chi connectivity index (χ0n) is 19.6. The number of hydrogen-bond acceptors (Lipinski definition) is 6. The number of carbonyl (C=O) groups is 3. The molecule has 32 heavy (non-hydrogen) atoms. The van der Waals surface area contributed by atoms with Gasteiger partial charge in [0.05, 0.1) is 12.3 Å². The minimum atomic E-state index is -0.386. The van der Waals surface area contributed by atoms with Crippen LogP contribution in [0, 0.1) is 12.8 Å². The smallest absolute Gasteiger partial charge is 0.350 e. The highest BCUT2D eigenvalue weighted by atomic mass is 32.1. The van der Waals surface area contributed by atoms with Gasteiger partial charge in [0.1, 0.15) is 4.88 Å². The van der Waals surface area contributed by atoms with Gasteiger partial charge in [-0.2, -0.15) is 0 Å². The van der Waals surface area contributed by atoms with Crippen molar-refractivity contribution in [2.24, 2.45) is 5.92 Å². The number of ether oxygens (including phenoxy) is 1. The molecule has 0 unspecified atom stereocenters. The van der Waals surface area contributed by atoms with Gasteiger partial charge in [0.2, 0.25) is 5.91 Å². The SMILES string of the molecule is CCCCCN(C(=O)C1CCN(C(=O)N2CCCC2)CC1)c1nc(C)c(C(=O)OCC)s1. The number of urea groups is 1. The van der Waals surface area contributed by atoms with Crippen molar-refractivity contribution in [2.75, 3.05) is 44.2 Å². The van der Waals surface area contributed by atoms with Crippen molar-refractivity contribution in [3.05, 3.63) is 10.6 Å². The van der Waals surface area contributed by atoms with Crippen LogP contribution >= 0.6 is 11.3 Å². The molecule has 0 aromatic carbocycles. The van der Waals surface area contributed by atoms with Crippen molar-refractivity contribution in [2.45, 2.75) is 65.7 Å². The van der Waals surface area contributed by atoms with Gasteiger partial charge in [-0.1, -0.05) is 31.1 Å². The average molecular weight is 465 g/mol. The molecule has 0 radical (unpaired) electrons. The van der Waals surface area contributed by atoms with E-state index in [0.717, 1.165) is 45.2 Å². The second-order valence-corrected chi connectivity index (χ2v) is 9.54. The molecule has 1 aromatic rings. The van der Waals surface area contributed by atoms with Crippen LogP contribution in [0.3, 0.4) is 0 Å². The highest BCUT2D eigenvalue weighted by Crippen LogP contribution is 2.30. The summed E-state index contributed by atoms with van der Waals surface area (Å²) in [6.45, 7) is 9.49. The largest absolute Gasteiger partial charge is 0.462 e. The molecular formula is C23H36N4O4S. The van der Waals surface area contributed by atoms with Crippen molar-refractivity contribution >= 4 is 34.4 Å². The maximum Gasteiger partial charge on any atom is 0.350 e. The number of carbonyl (C=O) groups excluding carboxylic acids is 3. The van der Waals surface area contributed by atoms with Crippen molar-refractivity contribution < 1.29 is 19.1 Å². The van der Waals surface area contributed by atoms with E-state index in [2.05, 4.69) is 11.9 Å². The Bertz CT molecular complexity index is 798. The number of anilines is 1. The van der Waals surface area contributed by atoms with E-state index in [1.165, 1.54) is 11.3 Å². The number of hydrogen-bond donors (Lipinski definition) is 0. The summed E-state index contributed by atoms with van der Waals surface area (Å²) in [4.78, 5) is 49.0. The van der Waals surface area contributed by atoms with Crippen LogP contribution in [0.2, 0.25) is 0 Å². The number of thiazole rings is 1. The van der Waals surface area contributed by atoms with E-state index in [-0.39, 0.29) is 23.8 Å². The molecule has 0 saturated carbocycles.